The van der Waals surface area contributed by atoms with Crippen molar-refractivity contribution in [1.29, 1.82) is 0 Å². The molecule has 28 heavy (non-hydrogen) atoms. The molecule has 6 heteroatoms. The molecule has 0 bridgehead atoms. The van der Waals surface area contributed by atoms with Gasteiger partial charge in [-0.15, -0.1) is 0 Å². The van der Waals surface area contributed by atoms with E-state index in [1.807, 2.05) is 39.0 Å². The molecule has 0 spiro atoms. The standard InChI is InChI=1S/C20H21Cl2N3O.C2H6/c1-3-5-17-12(4-2)19-15(10-26-17)18(14(9-23)20(24)25-19)13-7-6-11(21)8-16(13)22;1-2/h3,5-8H,4,9-10,23H2,1-2H3,(H2,24,25);1-2H3/b5-3-;. The number of nitrogens with two attached hydrogens (primary N) is 2. The molecule has 0 unspecified atom stereocenters. The van der Waals surface area contributed by atoms with Crippen molar-refractivity contribution in [3.8, 4) is 11.1 Å². The predicted octanol–water partition coefficient (Wildman–Crippen LogP) is 6.35. The van der Waals surface area contributed by atoms with E-state index in [0.717, 1.165) is 45.7 Å². The van der Waals surface area contributed by atoms with E-state index in [0.29, 0.717) is 22.5 Å². The van der Waals surface area contributed by atoms with Crippen molar-refractivity contribution >= 4 is 34.6 Å². The summed E-state index contributed by atoms with van der Waals surface area (Å²) in [5, 5.41) is 1.12. The lowest BCUT2D eigenvalue weighted by Crippen LogP contribution is -2.16. The van der Waals surface area contributed by atoms with Crippen molar-refractivity contribution in [2.24, 2.45) is 5.73 Å². The number of hydrogen-bond donors (Lipinski definition) is 2. The van der Waals surface area contributed by atoms with Crippen LogP contribution in [0.1, 0.15) is 50.9 Å². The molecule has 1 aliphatic rings. The van der Waals surface area contributed by atoms with E-state index in [1.54, 1.807) is 12.1 Å². The van der Waals surface area contributed by atoms with Gasteiger partial charge in [0.2, 0.25) is 0 Å². The molecule has 1 aromatic heterocycles. The minimum atomic E-state index is 0.257. The number of pyridine rings is 1. The summed E-state index contributed by atoms with van der Waals surface area (Å²) in [5.41, 5.74) is 17.6. The van der Waals surface area contributed by atoms with Gasteiger partial charge in [-0.2, -0.15) is 0 Å². The summed E-state index contributed by atoms with van der Waals surface area (Å²) in [6.07, 6.45) is 4.67. The number of hydrogen-bond acceptors (Lipinski definition) is 4. The summed E-state index contributed by atoms with van der Waals surface area (Å²) >= 11 is 12.6. The molecule has 1 aliphatic heterocycles. The maximum atomic E-state index is 6.49. The lowest BCUT2D eigenvalue weighted by Gasteiger charge is -2.26. The van der Waals surface area contributed by atoms with Gasteiger partial charge >= 0.3 is 0 Å². The lowest BCUT2D eigenvalue weighted by molar-refractivity contribution is 0.206. The fraction of sp³-hybridized carbons (Fsp3) is 0.318. The van der Waals surface area contributed by atoms with Crippen LogP contribution in [0, 0.1) is 0 Å². The van der Waals surface area contributed by atoms with Crippen molar-refractivity contribution < 1.29 is 4.74 Å². The molecule has 2 heterocycles. The average molecular weight is 420 g/mol. The minimum absolute atomic E-state index is 0.257. The fourth-order valence-corrected chi connectivity index (χ4v) is 3.80. The quantitative estimate of drug-likeness (QED) is 0.604. The summed E-state index contributed by atoms with van der Waals surface area (Å²) in [7, 11) is 0. The van der Waals surface area contributed by atoms with Crippen LogP contribution in [0.3, 0.4) is 0 Å². The molecule has 4 nitrogen and oxygen atoms in total. The van der Waals surface area contributed by atoms with Gasteiger partial charge in [0.05, 0.1) is 5.69 Å². The van der Waals surface area contributed by atoms with E-state index in [2.05, 4.69) is 11.9 Å². The van der Waals surface area contributed by atoms with Gasteiger partial charge in [0.25, 0.3) is 0 Å². The van der Waals surface area contributed by atoms with Gasteiger partial charge in [0, 0.05) is 44.4 Å². The highest BCUT2D eigenvalue weighted by Gasteiger charge is 2.27. The molecule has 0 radical (unpaired) electrons. The number of halogens is 2. The minimum Gasteiger partial charge on any atom is -0.488 e. The van der Waals surface area contributed by atoms with Crippen LogP contribution in [-0.4, -0.2) is 4.98 Å². The SMILES string of the molecule is C/C=C\C1=C(CC)c2nc(N)c(CN)c(-c3ccc(Cl)cc3Cl)c2CO1.CC. The monoisotopic (exact) mass is 419 g/mol. The Morgan fingerprint density at radius 1 is 1.25 bits per heavy atom. The van der Waals surface area contributed by atoms with Gasteiger partial charge in [-0.3, -0.25) is 0 Å². The van der Waals surface area contributed by atoms with Gasteiger partial charge in [-0.25, -0.2) is 4.98 Å². The summed E-state index contributed by atoms with van der Waals surface area (Å²) in [4.78, 5) is 4.66. The number of fused-ring (bicyclic) bond motifs is 1. The summed E-state index contributed by atoms with van der Waals surface area (Å²) in [5.74, 6) is 1.24. The molecule has 3 rings (SSSR count). The third-order valence-corrected chi connectivity index (χ3v) is 5.01. The highest BCUT2D eigenvalue weighted by Crippen LogP contribution is 2.42. The molecule has 150 valence electrons. The topological polar surface area (TPSA) is 74.2 Å². The van der Waals surface area contributed by atoms with Crippen molar-refractivity contribution in [2.75, 3.05) is 5.73 Å². The van der Waals surface area contributed by atoms with E-state index in [9.17, 15) is 0 Å². The first-order valence-electron chi connectivity index (χ1n) is 9.47. The van der Waals surface area contributed by atoms with E-state index in [4.69, 9.17) is 39.4 Å². The van der Waals surface area contributed by atoms with Crippen LogP contribution in [0.25, 0.3) is 16.7 Å². The van der Waals surface area contributed by atoms with Crippen LogP contribution in [0.15, 0.2) is 36.1 Å². The number of nitrogens with zero attached hydrogens (tertiary/aromatic N) is 1. The molecule has 0 amide bonds. The van der Waals surface area contributed by atoms with Crippen molar-refractivity contribution in [2.45, 2.75) is 47.3 Å². The second-order valence-electron chi connectivity index (χ2n) is 5.99. The summed E-state index contributed by atoms with van der Waals surface area (Å²) in [6.45, 7) is 8.67. The van der Waals surface area contributed by atoms with Crippen molar-refractivity contribution in [3.63, 3.8) is 0 Å². The Labute approximate surface area is 177 Å². The van der Waals surface area contributed by atoms with Gasteiger partial charge in [0.15, 0.2) is 0 Å². The van der Waals surface area contributed by atoms with Crippen LogP contribution in [0.4, 0.5) is 5.82 Å². The first-order valence-corrected chi connectivity index (χ1v) is 10.2. The molecular formula is C22H27Cl2N3O. The number of nitrogen functional groups attached to an aromatic ring is 1. The normalized spacial score (nSPS) is 13.1. The van der Waals surface area contributed by atoms with Gasteiger partial charge in [0.1, 0.15) is 18.2 Å². The molecule has 0 saturated carbocycles. The number of ether oxygens (including phenoxy) is 1. The zero-order valence-electron chi connectivity index (χ0n) is 16.8. The molecule has 1 aromatic carbocycles. The van der Waals surface area contributed by atoms with Crippen LogP contribution < -0.4 is 11.5 Å². The number of aromatic nitrogens is 1. The smallest absolute Gasteiger partial charge is 0.129 e. The van der Waals surface area contributed by atoms with Gasteiger partial charge in [-0.1, -0.05) is 56.1 Å². The average Bonchev–Trinajstić information content (AvgIpc) is 2.69. The van der Waals surface area contributed by atoms with E-state index < -0.39 is 0 Å². The molecule has 0 atom stereocenters. The van der Waals surface area contributed by atoms with Crippen LogP contribution in [0.2, 0.25) is 10.0 Å². The van der Waals surface area contributed by atoms with E-state index >= 15 is 0 Å². The number of benzene rings is 1. The Bertz CT molecular complexity index is 920. The zero-order chi connectivity index (χ0) is 20.8. The predicted molar refractivity (Wildman–Crippen MR) is 120 cm³/mol. The van der Waals surface area contributed by atoms with Crippen LogP contribution >= 0.6 is 23.2 Å². The second-order valence-corrected chi connectivity index (χ2v) is 6.83. The highest BCUT2D eigenvalue weighted by molar-refractivity contribution is 6.36. The van der Waals surface area contributed by atoms with E-state index in [1.165, 1.54) is 0 Å². The first-order chi connectivity index (χ1) is 13.5. The fourth-order valence-electron chi connectivity index (χ4n) is 3.29. The molecule has 0 fully saturated rings. The molecule has 4 N–H and O–H groups in total. The molecule has 0 aliphatic carbocycles. The Kier molecular flexibility index (Phi) is 7.93. The van der Waals surface area contributed by atoms with E-state index in [-0.39, 0.29) is 6.54 Å². The maximum Gasteiger partial charge on any atom is 0.129 e. The second kappa shape index (κ2) is 9.97. The maximum absolute atomic E-state index is 6.49. The largest absolute Gasteiger partial charge is 0.488 e. The number of rotatable bonds is 4. The molecular weight excluding hydrogens is 393 g/mol. The Balaban J connectivity index is 0.00000136. The number of allylic oxidation sites excluding steroid dienone is 3. The highest BCUT2D eigenvalue weighted by atomic mass is 35.5. The Morgan fingerprint density at radius 2 is 1.96 bits per heavy atom. The zero-order valence-corrected chi connectivity index (χ0v) is 18.3. The molecule has 2 aromatic rings. The third kappa shape index (κ3) is 4.19. The van der Waals surface area contributed by atoms with Crippen LogP contribution in [-0.2, 0) is 17.9 Å². The Hall–Kier alpha value is -2.01. The Morgan fingerprint density at radius 3 is 2.54 bits per heavy atom. The van der Waals surface area contributed by atoms with Gasteiger partial charge in [-0.05, 0) is 31.6 Å². The third-order valence-electron chi connectivity index (χ3n) is 4.46. The lowest BCUT2D eigenvalue weighted by atomic mass is 9.89. The van der Waals surface area contributed by atoms with Gasteiger partial charge < -0.3 is 16.2 Å². The summed E-state index contributed by atoms with van der Waals surface area (Å²) in [6, 6.07) is 5.40. The number of anilines is 1. The first kappa shape index (κ1) is 22.3. The van der Waals surface area contributed by atoms with Crippen molar-refractivity contribution in [3.05, 3.63) is 63.0 Å². The summed E-state index contributed by atoms with van der Waals surface area (Å²) < 4.78 is 6.02. The molecule has 0 saturated heterocycles. The van der Waals surface area contributed by atoms with Crippen LogP contribution in [0.5, 0.6) is 0 Å². The van der Waals surface area contributed by atoms with Crippen molar-refractivity contribution in [1.82, 2.24) is 4.98 Å².